The van der Waals surface area contributed by atoms with E-state index in [1.807, 2.05) is 12.1 Å². The van der Waals surface area contributed by atoms with Crippen LogP contribution < -0.4 is 10.5 Å². The minimum absolute atomic E-state index is 0.0489. The summed E-state index contributed by atoms with van der Waals surface area (Å²) in [5.41, 5.74) is 7.72. The average molecular weight is 294 g/mol. The molecule has 0 bridgehead atoms. The van der Waals surface area contributed by atoms with E-state index in [1.165, 1.54) is 5.56 Å². The Hall–Kier alpha value is -1.17. The predicted molar refractivity (Wildman–Crippen MR) is 84.2 cm³/mol. The number of nitrogens with two attached hydrogens (primary N) is 1. The van der Waals surface area contributed by atoms with E-state index < -0.39 is 0 Å². The van der Waals surface area contributed by atoms with Gasteiger partial charge in [-0.05, 0) is 31.5 Å². The van der Waals surface area contributed by atoms with E-state index in [0.717, 1.165) is 37.6 Å². The van der Waals surface area contributed by atoms with Gasteiger partial charge in [0.2, 0.25) is 0 Å². The molecule has 2 rings (SSSR count). The lowest BCUT2D eigenvalue weighted by Crippen LogP contribution is -2.52. The van der Waals surface area contributed by atoms with E-state index in [4.69, 9.17) is 27.4 Å². The molecule has 1 aromatic rings. The number of morpholine rings is 1. The van der Waals surface area contributed by atoms with Crippen molar-refractivity contribution in [2.24, 2.45) is 5.73 Å². The highest BCUT2D eigenvalue weighted by molar-refractivity contribution is 7.80. The summed E-state index contributed by atoms with van der Waals surface area (Å²) in [5.74, 6) is 0.737. The lowest BCUT2D eigenvalue weighted by molar-refractivity contribution is -0.0552. The van der Waals surface area contributed by atoms with Crippen molar-refractivity contribution in [1.29, 1.82) is 0 Å². The summed E-state index contributed by atoms with van der Waals surface area (Å²) in [6, 6.07) is 6.01. The van der Waals surface area contributed by atoms with E-state index in [9.17, 15) is 0 Å². The third-order valence-corrected chi connectivity index (χ3v) is 3.94. The van der Waals surface area contributed by atoms with Crippen molar-refractivity contribution in [3.63, 3.8) is 0 Å². The van der Waals surface area contributed by atoms with Gasteiger partial charge in [-0.1, -0.05) is 18.3 Å². The van der Waals surface area contributed by atoms with Crippen LogP contribution in [0.1, 0.15) is 25.0 Å². The molecule has 0 unspecified atom stereocenters. The lowest BCUT2D eigenvalue weighted by atomic mass is 10.0. The van der Waals surface area contributed by atoms with Gasteiger partial charge in [0, 0.05) is 18.6 Å². The molecule has 0 radical (unpaired) electrons. The largest absolute Gasteiger partial charge is 0.496 e. The number of thiocarbonyl (C=S) groups is 1. The van der Waals surface area contributed by atoms with Gasteiger partial charge in [-0.15, -0.1) is 0 Å². The molecule has 4 nitrogen and oxygen atoms in total. The lowest BCUT2D eigenvalue weighted by Gasteiger charge is -2.42. The molecular weight excluding hydrogens is 272 g/mol. The molecule has 1 fully saturated rings. The highest BCUT2D eigenvalue weighted by Crippen LogP contribution is 2.25. The number of hydrogen-bond acceptors (Lipinski definition) is 4. The van der Waals surface area contributed by atoms with E-state index >= 15 is 0 Å². The third-order valence-electron chi connectivity index (χ3n) is 3.72. The molecular formula is C15H22N2O2S. The summed E-state index contributed by atoms with van der Waals surface area (Å²) in [5, 5.41) is 0. The van der Waals surface area contributed by atoms with Crippen LogP contribution in [0.2, 0.25) is 0 Å². The van der Waals surface area contributed by atoms with E-state index in [0.29, 0.717) is 4.99 Å². The van der Waals surface area contributed by atoms with Crippen molar-refractivity contribution in [2.45, 2.75) is 25.9 Å². The zero-order valence-corrected chi connectivity index (χ0v) is 13.1. The second-order valence-electron chi connectivity index (χ2n) is 5.69. The summed E-state index contributed by atoms with van der Waals surface area (Å²) >= 11 is 5.03. The molecule has 0 amide bonds. The molecule has 1 aliphatic rings. The fraction of sp³-hybridized carbons (Fsp3) is 0.533. The number of methoxy groups -OCH3 is 1. The maximum atomic E-state index is 5.69. The molecule has 0 aliphatic carbocycles. The maximum absolute atomic E-state index is 5.69. The van der Waals surface area contributed by atoms with Crippen molar-refractivity contribution < 1.29 is 9.47 Å². The topological polar surface area (TPSA) is 47.7 Å². The Morgan fingerprint density at radius 3 is 2.85 bits per heavy atom. The van der Waals surface area contributed by atoms with Crippen LogP contribution in [0.3, 0.4) is 0 Å². The number of benzene rings is 1. The SMILES string of the molecule is COc1cc(CN2CCOCC2(C)C)ccc1C(N)=S. The summed E-state index contributed by atoms with van der Waals surface area (Å²) in [4.78, 5) is 2.78. The fourth-order valence-electron chi connectivity index (χ4n) is 2.44. The molecule has 1 saturated heterocycles. The molecule has 2 N–H and O–H groups in total. The number of hydrogen-bond donors (Lipinski definition) is 1. The standard InChI is InChI=1S/C15H22N2O2S/c1-15(2)10-19-7-6-17(15)9-11-4-5-12(14(16)20)13(8-11)18-3/h4-5,8H,6-7,9-10H2,1-3H3,(H2,16,20). The Bertz CT molecular complexity index is 503. The second-order valence-corrected chi connectivity index (χ2v) is 6.13. The van der Waals surface area contributed by atoms with E-state index in [2.05, 4.69) is 24.8 Å². The van der Waals surface area contributed by atoms with Gasteiger partial charge in [-0.25, -0.2) is 0 Å². The fourth-order valence-corrected chi connectivity index (χ4v) is 2.61. The predicted octanol–water partition coefficient (Wildman–Crippen LogP) is 1.94. The highest BCUT2D eigenvalue weighted by Gasteiger charge is 2.30. The molecule has 1 aliphatic heterocycles. The van der Waals surface area contributed by atoms with Crippen molar-refractivity contribution in [3.8, 4) is 5.75 Å². The van der Waals surface area contributed by atoms with Crippen LogP contribution in [-0.2, 0) is 11.3 Å². The zero-order chi connectivity index (χ0) is 14.8. The van der Waals surface area contributed by atoms with Crippen LogP contribution >= 0.6 is 12.2 Å². The summed E-state index contributed by atoms with van der Waals surface area (Å²) in [6.45, 7) is 7.75. The van der Waals surface area contributed by atoms with Crippen molar-refractivity contribution in [3.05, 3.63) is 29.3 Å². The van der Waals surface area contributed by atoms with Gasteiger partial charge < -0.3 is 15.2 Å². The first kappa shape index (κ1) is 15.2. The van der Waals surface area contributed by atoms with Crippen LogP contribution in [0.4, 0.5) is 0 Å². The average Bonchev–Trinajstić information content (AvgIpc) is 2.40. The van der Waals surface area contributed by atoms with Crippen LogP contribution in [-0.4, -0.2) is 42.3 Å². The maximum Gasteiger partial charge on any atom is 0.129 e. The monoisotopic (exact) mass is 294 g/mol. The Labute approximate surface area is 125 Å². The quantitative estimate of drug-likeness (QED) is 0.860. The van der Waals surface area contributed by atoms with Crippen molar-refractivity contribution >= 4 is 17.2 Å². The minimum atomic E-state index is 0.0489. The van der Waals surface area contributed by atoms with E-state index in [1.54, 1.807) is 7.11 Å². The Kier molecular flexibility index (Phi) is 4.62. The molecule has 1 heterocycles. The highest BCUT2D eigenvalue weighted by atomic mass is 32.1. The Morgan fingerprint density at radius 2 is 2.25 bits per heavy atom. The molecule has 0 atom stereocenters. The first-order chi connectivity index (χ1) is 9.44. The molecule has 1 aromatic carbocycles. The normalized spacial score (nSPS) is 18.8. The smallest absolute Gasteiger partial charge is 0.129 e. The molecule has 0 aromatic heterocycles. The Balaban J connectivity index is 2.19. The first-order valence-corrected chi connectivity index (χ1v) is 7.14. The van der Waals surface area contributed by atoms with Crippen molar-refractivity contribution in [1.82, 2.24) is 4.90 Å². The first-order valence-electron chi connectivity index (χ1n) is 6.73. The summed E-state index contributed by atoms with van der Waals surface area (Å²) in [7, 11) is 1.64. The molecule has 110 valence electrons. The number of ether oxygens (including phenoxy) is 2. The summed E-state index contributed by atoms with van der Waals surface area (Å²) < 4.78 is 10.9. The molecule has 0 saturated carbocycles. The van der Waals surface area contributed by atoms with E-state index in [-0.39, 0.29) is 5.54 Å². The van der Waals surface area contributed by atoms with Gasteiger partial charge in [-0.3, -0.25) is 4.90 Å². The Morgan fingerprint density at radius 1 is 1.50 bits per heavy atom. The number of nitrogens with zero attached hydrogens (tertiary/aromatic N) is 1. The molecule has 0 spiro atoms. The minimum Gasteiger partial charge on any atom is -0.496 e. The second kappa shape index (κ2) is 6.08. The summed E-state index contributed by atoms with van der Waals surface area (Å²) in [6.07, 6.45) is 0. The number of rotatable bonds is 4. The van der Waals surface area contributed by atoms with Gasteiger partial charge in [0.25, 0.3) is 0 Å². The van der Waals surface area contributed by atoms with Gasteiger partial charge >= 0.3 is 0 Å². The van der Waals surface area contributed by atoms with Crippen LogP contribution in [0.25, 0.3) is 0 Å². The van der Waals surface area contributed by atoms with Gasteiger partial charge in [0.15, 0.2) is 0 Å². The van der Waals surface area contributed by atoms with Gasteiger partial charge in [0.1, 0.15) is 10.7 Å². The van der Waals surface area contributed by atoms with Gasteiger partial charge in [0.05, 0.1) is 25.9 Å². The van der Waals surface area contributed by atoms with Crippen LogP contribution in [0, 0.1) is 0 Å². The van der Waals surface area contributed by atoms with Crippen LogP contribution in [0.15, 0.2) is 18.2 Å². The van der Waals surface area contributed by atoms with Gasteiger partial charge in [-0.2, -0.15) is 0 Å². The van der Waals surface area contributed by atoms with Crippen molar-refractivity contribution in [2.75, 3.05) is 26.9 Å². The third kappa shape index (κ3) is 3.29. The molecule has 20 heavy (non-hydrogen) atoms. The molecule has 5 heteroatoms. The van der Waals surface area contributed by atoms with Crippen LogP contribution in [0.5, 0.6) is 5.75 Å². The zero-order valence-electron chi connectivity index (χ0n) is 12.3.